The summed E-state index contributed by atoms with van der Waals surface area (Å²) < 4.78 is 0.497. The highest BCUT2D eigenvalue weighted by Gasteiger charge is 2.24. The van der Waals surface area contributed by atoms with Gasteiger partial charge in [0.05, 0.1) is 9.90 Å². The van der Waals surface area contributed by atoms with Crippen molar-refractivity contribution in [3.63, 3.8) is 0 Å². The molecule has 0 aliphatic heterocycles. The number of hydrogen-bond acceptors (Lipinski definition) is 4. The molecule has 0 saturated heterocycles. The summed E-state index contributed by atoms with van der Waals surface area (Å²) in [6.45, 7) is 0.534. The molecule has 0 radical (unpaired) electrons. The van der Waals surface area contributed by atoms with E-state index in [0.717, 1.165) is 32.1 Å². The zero-order valence-electron chi connectivity index (χ0n) is 16.4. The van der Waals surface area contributed by atoms with Crippen molar-refractivity contribution in [3.8, 4) is 0 Å². The third kappa shape index (κ3) is 8.04. The molecule has 1 aliphatic carbocycles. The van der Waals surface area contributed by atoms with Gasteiger partial charge in [0, 0.05) is 12.5 Å². The molecule has 3 rings (SSSR count). The van der Waals surface area contributed by atoms with Gasteiger partial charge in [-0.25, -0.2) is 4.79 Å². The highest BCUT2D eigenvalue weighted by atomic mass is 35.5. The number of nitrogens with one attached hydrogen (secondary N) is 2. The molecule has 0 bridgehead atoms. The van der Waals surface area contributed by atoms with Gasteiger partial charge in [-0.3, -0.25) is 9.59 Å². The molecule has 1 saturated carbocycles. The Morgan fingerprint density at radius 2 is 1.70 bits per heavy atom. The lowest BCUT2D eigenvalue weighted by Gasteiger charge is -2.20. The van der Waals surface area contributed by atoms with Gasteiger partial charge in [0.25, 0.3) is 5.91 Å². The van der Waals surface area contributed by atoms with E-state index < -0.39 is 6.16 Å². The predicted octanol–water partition coefficient (Wildman–Crippen LogP) is 5.12. The van der Waals surface area contributed by atoms with E-state index in [1.165, 1.54) is 23.3 Å². The van der Waals surface area contributed by atoms with E-state index >= 15 is 0 Å². The smallest absolute Gasteiger partial charge is 0.450 e. The van der Waals surface area contributed by atoms with E-state index in [2.05, 4.69) is 10.6 Å². The number of carboxylic acid groups (broad SMARTS) is 2. The van der Waals surface area contributed by atoms with Gasteiger partial charge in [-0.1, -0.05) is 61.2 Å². The standard InChI is InChI=1S/C20H23ClN2O2S.CH2O3/c21-17-13-16(19(25)22-12-11-14-7-3-1-4-8-14)20(26-17)23-18(24)15-9-5-2-6-10-15;2-1(3)4/h1,3-4,7-8,13,15H,2,5-6,9-12H2,(H,22,25)(H,23,24);(H2,2,3,4). The monoisotopic (exact) mass is 452 g/mol. The second-order valence-corrected chi connectivity index (χ2v) is 8.58. The molecule has 1 heterocycles. The fourth-order valence-electron chi connectivity index (χ4n) is 3.26. The van der Waals surface area contributed by atoms with E-state index in [1.807, 2.05) is 30.3 Å². The van der Waals surface area contributed by atoms with Crippen LogP contribution >= 0.6 is 22.9 Å². The highest BCUT2D eigenvalue weighted by Crippen LogP contribution is 2.33. The van der Waals surface area contributed by atoms with Crippen LogP contribution in [-0.4, -0.2) is 34.7 Å². The number of rotatable bonds is 6. The second kappa shape index (κ2) is 12.2. The first-order valence-corrected chi connectivity index (χ1v) is 10.9. The summed E-state index contributed by atoms with van der Waals surface area (Å²) in [5.74, 6) is -0.164. The van der Waals surface area contributed by atoms with Crippen LogP contribution in [0.5, 0.6) is 0 Å². The minimum absolute atomic E-state index is 0.00144. The maximum absolute atomic E-state index is 12.5. The van der Waals surface area contributed by atoms with Gasteiger partial charge in [-0.05, 0) is 30.9 Å². The van der Waals surface area contributed by atoms with Gasteiger partial charge in [-0.15, -0.1) is 11.3 Å². The fraction of sp³-hybridized carbons (Fsp3) is 0.381. The zero-order chi connectivity index (χ0) is 21.9. The molecule has 1 fully saturated rings. The molecule has 1 aromatic heterocycles. The van der Waals surface area contributed by atoms with Crippen molar-refractivity contribution in [1.82, 2.24) is 5.32 Å². The van der Waals surface area contributed by atoms with Gasteiger partial charge in [0.2, 0.25) is 5.91 Å². The average Bonchev–Trinajstić information content (AvgIpc) is 3.09. The Morgan fingerprint density at radius 3 is 2.33 bits per heavy atom. The largest absolute Gasteiger partial charge is 0.503 e. The summed E-state index contributed by atoms with van der Waals surface area (Å²) >= 11 is 7.33. The molecule has 162 valence electrons. The average molecular weight is 453 g/mol. The van der Waals surface area contributed by atoms with Crippen LogP contribution in [0.3, 0.4) is 0 Å². The molecular weight excluding hydrogens is 428 g/mol. The number of amides is 2. The van der Waals surface area contributed by atoms with E-state index in [1.54, 1.807) is 6.07 Å². The fourth-order valence-corrected chi connectivity index (χ4v) is 4.39. The molecule has 4 N–H and O–H groups in total. The Hall–Kier alpha value is -2.58. The van der Waals surface area contributed by atoms with Gasteiger partial charge < -0.3 is 20.8 Å². The maximum Gasteiger partial charge on any atom is 0.503 e. The van der Waals surface area contributed by atoms with Crippen LogP contribution in [0.2, 0.25) is 4.34 Å². The number of benzene rings is 1. The topological polar surface area (TPSA) is 116 Å². The molecule has 9 heteroatoms. The molecule has 2 amide bonds. The van der Waals surface area contributed by atoms with Crippen molar-refractivity contribution in [1.29, 1.82) is 0 Å². The molecule has 2 aromatic rings. The van der Waals surface area contributed by atoms with Crippen molar-refractivity contribution in [2.24, 2.45) is 5.92 Å². The van der Waals surface area contributed by atoms with E-state index in [9.17, 15) is 9.59 Å². The summed E-state index contributed by atoms with van der Waals surface area (Å²) in [4.78, 5) is 33.5. The van der Waals surface area contributed by atoms with Gasteiger partial charge in [0.1, 0.15) is 5.00 Å². The summed E-state index contributed by atoms with van der Waals surface area (Å²) in [6, 6.07) is 11.6. The van der Waals surface area contributed by atoms with Crippen LogP contribution in [0, 0.1) is 5.92 Å². The minimum atomic E-state index is -1.83. The number of thiophene rings is 1. The number of carbonyl (C=O) groups is 3. The Kier molecular flexibility index (Phi) is 9.63. The first-order valence-electron chi connectivity index (χ1n) is 9.71. The number of halogens is 1. The Labute approximate surface area is 184 Å². The molecule has 0 spiro atoms. The molecular formula is C21H25ClN2O5S. The maximum atomic E-state index is 12.5. The molecule has 0 atom stereocenters. The molecule has 1 aliphatic rings. The lowest BCUT2D eigenvalue weighted by atomic mass is 9.89. The lowest BCUT2D eigenvalue weighted by Crippen LogP contribution is -2.28. The first-order chi connectivity index (χ1) is 14.4. The van der Waals surface area contributed by atoms with E-state index in [0.29, 0.717) is 21.4 Å². The SMILES string of the molecule is O=C(NCCc1ccccc1)c1cc(Cl)sc1NC(=O)C1CCCCC1.O=C(O)O. The van der Waals surface area contributed by atoms with E-state index in [-0.39, 0.29) is 17.7 Å². The van der Waals surface area contributed by atoms with Crippen LogP contribution in [0.1, 0.15) is 48.0 Å². The third-order valence-electron chi connectivity index (χ3n) is 4.70. The van der Waals surface area contributed by atoms with Crippen LogP contribution in [0.4, 0.5) is 9.80 Å². The van der Waals surface area contributed by atoms with Crippen LogP contribution in [0.15, 0.2) is 36.4 Å². The quantitative estimate of drug-likeness (QED) is 0.485. The molecule has 1 aromatic carbocycles. The van der Waals surface area contributed by atoms with Crippen molar-refractivity contribution in [3.05, 3.63) is 51.9 Å². The molecule has 0 unspecified atom stereocenters. The van der Waals surface area contributed by atoms with Crippen LogP contribution in [-0.2, 0) is 11.2 Å². The number of hydrogen-bond donors (Lipinski definition) is 4. The highest BCUT2D eigenvalue weighted by molar-refractivity contribution is 7.20. The Morgan fingerprint density at radius 1 is 1.07 bits per heavy atom. The summed E-state index contributed by atoms with van der Waals surface area (Å²) in [5, 5.41) is 20.3. The summed E-state index contributed by atoms with van der Waals surface area (Å²) in [5.41, 5.74) is 1.61. The van der Waals surface area contributed by atoms with Crippen LogP contribution < -0.4 is 10.6 Å². The van der Waals surface area contributed by atoms with Crippen LogP contribution in [0.25, 0.3) is 0 Å². The van der Waals surface area contributed by atoms with Crippen molar-refractivity contribution < 1.29 is 24.6 Å². The van der Waals surface area contributed by atoms with Crippen molar-refractivity contribution >= 4 is 45.9 Å². The van der Waals surface area contributed by atoms with E-state index in [4.69, 9.17) is 26.6 Å². The van der Waals surface area contributed by atoms with Gasteiger partial charge in [0.15, 0.2) is 0 Å². The summed E-state index contributed by atoms with van der Waals surface area (Å²) in [7, 11) is 0. The van der Waals surface area contributed by atoms with Gasteiger partial charge in [-0.2, -0.15) is 0 Å². The first kappa shape index (κ1) is 23.7. The van der Waals surface area contributed by atoms with Crippen molar-refractivity contribution in [2.75, 3.05) is 11.9 Å². The number of carbonyl (C=O) groups excluding carboxylic acids is 2. The Bertz CT molecular complexity index is 846. The van der Waals surface area contributed by atoms with Crippen molar-refractivity contribution in [2.45, 2.75) is 38.5 Å². The Balaban J connectivity index is 0.000000735. The third-order valence-corrected chi connectivity index (χ3v) is 5.88. The lowest BCUT2D eigenvalue weighted by molar-refractivity contribution is -0.120. The molecule has 30 heavy (non-hydrogen) atoms. The second-order valence-electron chi connectivity index (χ2n) is 6.89. The summed E-state index contributed by atoms with van der Waals surface area (Å²) in [6.07, 6.45) is 4.15. The predicted molar refractivity (Wildman–Crippen MR) is 118 cm³/mol. The normalized spacial score (nSPS) is 13.6. The zero-order valence-corrected chi connectivity index (χ0v) is 18.0. The molecule has 7 nitrogen and oxygen atoms in total. The minimum Gasteiger partial charge on any atom is -0.450 e. The van der Waals surface area contributed by atoms with Gasteiger partial charge >= 0.3 is 6.16 Å². The number of anilines is 1.